The number of carboxylic acids is 1. The summed E-state index contributed by atoms with van der Waals surface area (Å²) in [6, 6.07) is 0. The summed E-state index contributed by atoms with van der Waals surface area (Å²) >= 11 is 0. The Bertz CT molecular complexity index is 351. The molecule has 4 atom stereocenters. The number of hydrogen-bond acceptors (Lipinski definition) is 1. The minimum absolute atomic E-state index is 0.435. The van der Waals surface area contributed by atoms with Gasteiger partial charge in [0.25, 0.3) is 0 Å². The third kappa shape index (κ3) is 0.812. The molecule has 5 rings (SSSR count). The van der Waals surface area contributed by atoms with Gasteiger partial charge < -0.3 is 5.11 Å². The van der Waals surface area contributed by atoms with Crippen molar-refractivity contribution in [3.8, 4) is 0 Å². The SMILES string of the molecule is O=C(O)C1=CC2C3CCC2C2CCC3C12. The molecule has 3 fully saturated rings. The van der Waals surface area contributed by atoms with Gasteiger partial charge in [0.1, 0.15) is 0 Å². The molecule has 1 N–H and O–H groups in total. The summed E-state index contributed by atoms with van der Waals surface area (Å²) in [6.45, 7) is 0. The highest BCUT2D eigenvalue weighted by Gasteiger charge is 2.60. The van der Waals surface area contributed by atoms with E-state index in [4.69, 9.17) is 0 Å². The zero-order valence-electron chi connectivity index (χ0n) is 8.73. The molecule has 0 heterocycles. The van der Waals surface area contributed by atoms with Crippen molar-refractivity contribution in [1.82, 2.24) is 0 Å². The lowest BCUT2D eigenvalue weighted by molar-refractivity contribution is -0.134. The lowest BCUT2D eigenvalue weighted by Gasteiger charge is -2.45. The number of hydrogen-bond donors (Lipinski definition) is 1. The summed E-state index contributed by atoms with van der Waals surface area (Å²) in [5.74, 6) is 3.60. The Morgan fingerprint density at radius 2 is 1.60 bits per heavy atom. The van der Waals surface area contributed by atoms with Crippen LogP contribution in [0.5, 0.6) is 0 Å². The van der Waals surface area contributed by atoms with E-state index in [0.29, 0.717) is 11.8 Å². The minimum Gasteiger partial charge on any atom is -0.478 e. The van der Waals surface area contributed by atoms with Gasteiger partial charge in [0, 0.05) is 5.57 Å². The van der Waals surface area contributed by atoms with Crippen LogP contribution in [0.1, 0.15) is 25.7 Å². The van der Waals surface area contributed by atoms with E-state index in [2.05, 4.69) is 6.08 Å². The molecule has 0 radical (unpaired) electrons. The topological polar surface area (TPSA) is 37.3 Å². The molecule has 2 nitrogen and oxygen atoms in total. The second-order valence-electron chi connectivity index (χ2n) is 5.84. The normalized spacial score (nSPS) is 54.5. The van der Waals surface area contributed by atoms with Crippen LogP contribution in [-0.4, -0.2) is 11.1 Å². The van der Waals surface area contributed by atoms with Crippen LogP contribution in [0.2, 0.25) is 0 Å². The van der Waals surface area contributed by atoms with Gasteiger partial charge >= 0.3 is 5.97 Å². The van der Waals surface area contributed by atoms with Gasteiger partial charge in [0.05, 0.1) is 0 Å². The molecule has 6 bridgehead atoms. The summed E-state index contributed by atoms with van der Waals surface area (Å²) < 4.78 is 0. The number of allylic oxidation sites excluding steroid dienone is 1. The molecule has 3 saturated carbocycles. The zero-order chi connectivity index (χ0) is 10.2. The lowest BCUT2D eigenvalue weighted by atomic mass is 9.58. The van der Waals surface area contributed by atoms with Gasteiger partial charge in [-0.1, -0.05) is 6.08 Å². The van der Waals surface area contributed by atoms with E-state index in [0.717, 1.165) is 29.2 Å². The minimum atomic E-state index is -0.638. The lowest BCUT2D eigenvalue weighted by Crippen LogP contribution is -2.42. The Morgan fingerprint density at radius 1 is 1.07 bits per heavy atom. The molecule has 0 aromatic carbocycles. The van der Waals surface area contributed by atoms with E-state index in [1.165, 1.54) is 25.7 Å². The average molecular weight is 204 g/mol. The fourth-order valence-electron chi connectivity index (χ4n) is 5.35. The van der Waals surface area contributed by atoms with Gasteiger partial charge in [-0.2, -0.15) is 0 Å². The molecule has 0 spiro atoms. The van der Waals surface area contributed by atoms with Gasteiger partial charge in [0.15, 0.2) is 0 Å². The first-order valence-corrected chi connectivity index (χ1v) is 6.22. The summed E-state index contributed by atoms with van der Waals surface area (Å²) in [7, 11) is 0. The number of carbonyl (C=O) groups is 1. The molecule has 80 valence electrons. The van der Waals surface area contributed by atoms with Crippen molar-refractivity contribution < 1.29 is 9.90 Å². The molecule has 2 heteroatoms. The molecular weight excluding hydrogens is 188 g/mol. The number of aliphatic carboxylic acids is 1. The second-order valence-corrected chi connectivity index (χ2v) is 5.84. The smallest absolute Gasteiger partial charge is 0.331 e. The first kappa shape index (κ1) is 8.37. The van der Waals surface area contributed by atoms with E-state index in [1.807, 2.05) is 0 Å². The van der Waals surface area contributed by atoms with E-state index < -0.39 is 5.97 Å². The Kier molecular flexibility index (Phi) is 1.38. The van der Waals surface area contributed by atoms with E-state index in [1.54, 1.807) is 0 Å². The van der Waals surface area contributed by atoms with Crippen molar-refractivity contribution in [3.05, 3.63) is 11.6 Å². The Labute approximate surface area is 89.4 Å². The summed E-state index contributed by atoms with van der Waals surface area (Å²) in [4.78, 5) is 11.2. The Balaban J connectivity index is 1.88. The summed E-state index contributed by atoms with van der Waals surface area (Å²) in [5, 5.41) is 9.25. The van der Waals surface area contributed by atoms with E-state index in [9.17, 15) is 9.90 Å². The molecule has 0 amide bonds. The van der Waals surface area contributed by atoms with E-state index >= 15 is 0 Å². The predicted octanol–water partition coefficient (Wildman–Crippen LogP) is 2.31. The van der Waals surface area contributed by atoms with Crippen LogP contribution < -0.4 is 0 Å². The van der Waals surface area contributed by atoms with Gasteiger partial charge in [-0.15, -0.1) is 0 Å². The van der Waals surface area contributed by atoms with Gasteiger partial charge in [-0.25, -0.2) is 4.79 Å². The highest BCUT2D eigenvalue weighted by Crippen LogP contribution is 2.66. The average Bonchev–Trinajstić information content (AvgIpc) is 2.70. The molecule has 0 saturated heterocycles. The Hall–Kier alpha value is -0.790. The quantitative estimate of drug-likeness (QED) is 0.711. The molecule has 15 heavy (non-hydrogen) atoms. The molecule has 4 unspecified atom stereocenters. The maximum Gasteiger partial charge on any atom is 0.331 e. The molecule has 0 aromatic heterocycles. The van der Waals surface area contributed by atoms with Crippen LogP contribution in [-0.2, 0) is 4.79 Å². The van der Waals surface area contributed by atoms with E-state index in [-0.39, 0.29) is 0 Å². The van der Waals surface area contributed by atoms with Crippen LogP contribution in [0, 0.1) is 35.5 Å². The largest absolute Gasteiger partial charge is 0.478 e. The summed E-state index contributed by atoms with van der Waals surface area (Å²) in [6.07, 6.45) is 7.48. The van der Waals surface area contributed by atoms with Crippen molar-refractivity contribution >= 4 is 5.97 Å². The molecular formula is C13H16O2. The number of rotatable bonds is 1. The van der Waals surface area contributed by atoms with Crippen molar-refractivity contribution in [1.29, 1.82) is 0 Å². The third-order valence-corrected chi connectivity index (χ3v) is 5.66. The maximum absolute atomic E-state index is 11.2. The second kappa shape index (κ2) is 2.47. The van der Waals surface area contributed by atoms with Crippen LogP contribution >= 0.6 is 0 Å². The molecule has 0 aromatic rings. The van der Waals surface area contributed by atoms with Crippen molar-refractivity contribution in [2.45, 2.75) is 25.7 Å². The van der Waals surface area contributed by atoms with Crippen molar-refractivity contribution in [2.75, 3.05) is 0 Å². The first-order valence-electron chi connectivity index (χ1n) is 6.22. The fourth-order valence-corrected chi connectivity index (χ4v) is 5.35. The van der Waals surface area contributed by atoms with Gasteiger partial charge in [0.2, 0.25) is 0 Å². The highest BCUT2D eigenvalue weighted by molar-refractivity contribution is 5.88. The standard InChI is InChI=1S/C13H16O2/c14-13(15)11-5-10-6-1-2-7(10)9-4-3-8(6)12(9)11/h5-10,12H,1-4H2,(H,14,15). The highest BCUT2D eigenvalue weighted by atomic mass is 16.4. The first-order chi connectivity index (χ1) is 7.27. The third-order valence-electron chi connectivity index (χ3n) is 5.66. The monoisotopic (exact) mass is 204 g/mol. The van der Waals surface area contributed by atoms with Crippen LogP contribution in [0.3, 0.4) is 0 Å². The van der Waals surface area contributed by atoms with Crippen LogP contribution in [0.4, 0.5) is 0 Å². The predicted molar refractivity (Wildman–Crippen MR) is 55.1 cm³/mol. The molecule has 5 aliphatic rings. The van der Waals surface area contributed by atoms with Gasteiger partial charge in [-0.05, 0) is 61.2 Å². The van der Waals surface area contributed by atoms with Crippen molar-refractivity contribution in [3.63, 3.8) is 0 Å². The van der Waals surface area contributed by atoms with Gasteiger partial charge in [-0.3, -0.25) is 0 Å². The Morgan fingerprint density at radius 3 is 2.13 bits per heavy atom. The van der Waals surface area contributed by atoms with Crippen LogP contribution in [0.25, 0.3) is 0 Å². The fraction of sp³-hybridized carbons (Fsp3) is 0.769. The maximum atomic E-state index is 11.2. The molecule has 5 aliphatic carbocycles. The number of carboxylic acid groups (broad SMARTS) is 1. The summed E-state index contributed by atoms with van der Waals surface area (Å²) in [5.41, 5.74) is 0.780. The zero-order valence-corrected chi connectivity index (χ0v) is 8.73. The van der Waals surface area contributed by atoms with Crippen molar-refractivity contribution in [2.24, 2.45) is 35.5 Å². The molecule has 0 aliphatic heterocycles. The van der Waals surface area contributed by atoms with Crippen LogP contribution in [0.15, 0.2) is 11.6 Å².